The van der Waals surface area contributed by atoms with Crippen molar-refractivity contribution in [3.63, 3.8) is 0 Å². The van der Waals surface area contributed by atoms with Crippen molar-refractivity contribution in [2.45, 2.75) is 19.8 Å². The molecule has 0 aliphatic carbocycles. The summed E-state index contributed by atoms with van der Waals surface area (Å²) in [6.07, 6.45) is 1.36. The summed E-state index contributed by atoms with van der Waals surface area (Å²) >= 11 is 6.09. The summed E-state index contributed by atoms with van der Waals surface area (Å²) in [5.74, 6) is -0.0569. The van der Waals surface area contributed by atoms with Gasteiger partial charge in [-0.15, -0.1) is 0 Å². The molecule has 0 unspecified atom stereocenters. The molecule has 2 rings (SSSR count). The number of nitrogens with zero attached hydrogens (tertiary/aromatic N) is 1. The summed E-state index contributed by atoms with van der Waals surface area (Å²) in [5, 5.41) is 3.13. The number of benzene rings is 1. The molecule has 114 valence electrons. The molecule has 21 heavy (non-hydrogen) atoms. The molecule has 1 aliphatic rings. The lowest BCUT2D eigenvalue weighted by Gasteiger charge is -2.31. The molecule has 1 aromatic rings. The zero-order chi connectivity index (χ0) is 15.4. The third-order valence-electron chi connectivity index (χ3n) is 3.76. The second kappa shape index (κ2) is 6.80. The SMILES string of the molecule is CCNC(=O)C1CCN(C(=O)c2cccc(N)c2Cl)CC1. The van der Waals surface area contributed by atoms with Gasteiger partial charge in [0, 0.05) is 25.6 Å². The Morgan fingerprint density at radius 3 is 2.67 bits per heavy atom. The number of carbonyl (C=O) groups excluding carboxylic acids is 2. The van der Waals surface area contributed by atoms with Crippen molar-refractivity contribution in [2.75, 3.05) is 25.4 Å². The third-order valence-corrected chi connectivity index (χ3v) is 4.18. The lowest BCUT2D eigenvalue weighted by Crippen LogP contribution is -2.43. The fourth-order valence-electron chi connectivity index (χ4n) is 2.55. The number of piperidine rings is 1. The van der Waals surface area contributed by atoms with Crippen molar-refractivity contribution in [3.05, 3.63) is 28.8 Å². The van der Waals surface area contributed by atoms with Gasteiger partial charge in [-0.25, -0.2) is 0 Å². The van der Waals surface area contributed by atoms with Gasteiger partial charge in [0.05, 0.1) is 16.3 Å². The number of nitrogens with one attached hydrogen (secondary N) is 1. The third kappa shape index (κ3) is 3.47. The molecule has 0 spiro atoms. The standard InChI is InChI=1S/C15H20ClN3O2/c1-2-18-14(20)10-6-8-19(9-7-10)15(21)11-4-3-5-12(17)13(11)16/h3-5,10H,2,6-9,17H2,1H3,(H,18,20). The number of anilines is 1. The molecule has 1 fully saturated rings. The minimum atomic E-state index is -0.123. The van der Waals surface area contributed by atoms with Crippen LogP contribution in [0, 0.1) is 5.92 Å². The largest absolute Gasteiger partial charge is 0.398 e. The Morgan fingerprint density at radius 2 is 2.05 bits per heavy atom. The first-order chi connectivity index (χ1) is 10.0. The summed E-state index contributed by atoms with van der Waals surface area (Å²) in [6, 6.07) is 5.06. The minimum Gasteiger partial charge on any atom is -0.398 e. The summed E-state index contributed by atoms with van der Waals surface area (Å²) in [5.41, 5.74) is 6.55. The van der Waals surface area contributed by atoms with Crippen molar-refractivity contribution >= 4 is 29.1 Å². The Bertz CT molecular complexity index is 540. The van der Waals surface area contributed by atoms with E-state index in [0.29, 0.717) is 48.7 Å². The molecule has 6 heteroatoms. The van der Waals surface area contributed by atoms with Gasteiger partial charge in [-0.1, -0.05) is 17.7 Å². The highest BCUT2D eigenvalue weighted by Gasteiger charge is 2.28. The Morgan fingerprint density at radius 1 is 1.38 bits per heavy atom. The van der Waals surface area contributed by atoms with Crippen LogP contribution in [0.2, 0.25) is 5.02 Å². The molecule has 0 saturated carbocycles. The first kappa shape index (κ1) is 15.6. The fourth-order valence-corrected chi connectivity index (χ4v) is 2.76. The number of amides is 2. The van der Waals surface area contributed by atoms with Crippen molar-refractivity contribution in [1.29, 1.82) is 0 Å². The molecule has 0 bridgehead atoms. The van der Waals surface area contributed by atoms with Crippen molar-refractivity contribution in [3.8, 4) is 0 Å². The van der Waals surface area contributed by atoms with Crippen LogP contribution in [0.1, 0.15) is 30.1 Å². The summed E-state index contributed by atoms with van der Waals surface area (Å²) in [6.45, 7) is 3.66. The Balaban J connectivity index is 2.00. The van der Waals surface area contributed by atoms with Crippen LogP contribution in [0.25, 0.3) is 0 Å². The monoisotopic (exact) mass is 309 g/mol. The Kier molecular flexibility index (Phi) is 5.07. The van der Waals surface area contributed by atoms with Crippen molar-refractivity contribution < 1.29 is 9.59 Å². The van der Waals surface area contributed by atoms with E-state index in [0.717, 1.165) is 0 Å². The van der Waals surface area contributed by atoms with Gasteiger partial charge in [0.2, 0.25) is 5.91 Å². The minimum absolute atomic E-state index is 0.00897. The number of likely N-dealkylation sites (tertiary alicyclic amines) is 1. The van der Waals surface area contributed by atoms with Gasteiger partial charge in [-0.05, 0) is 31.9 Å². The van der Waals surface area contributed by atoms with E-state index in [4.69, 9.17) is 17.3 Å². The van der Waals surface area contributed by atoms with Gasteiger partial charge in [-0.2, -0.15) is 0 Å². The molecule has 0 aromatic heterocycles. The van der Waals surface area contributed by atoms with Crippen LogP contribution in [-0.2, 0) is 4.79 Å². The molecule has 5 nitrogen and oxygen atoms in total. The van der Waals surface area contributed by atoms with E-state index in [1.165, 1.54) is 0 Å². The lowest BCUT2D eigenvalue weighted by molar-refractivity contribution is -0.126. The number of carbonyl (C=O) groups is 2. The van der Waals surface area contributed by atoms with Crippen LogP contribution >= 0.6 is 11.6 Å². The quantitative estimate of drug-likeness (QED) is 0.838. The second-order valence-electron chi connectivity index (χ2n) is 5.17. The highest BCUT2D eigenvalue weighted by Crippen LogP contribution is 2.26. The second-order valence-corrected chi connectivity index (χ2v) is 5.55. The molecule has 1 saturated heterocycles. The van der Waals surface area contributed by atoms with E-state index >= 15 is 0 Å². The van der Waals surface area contributed by atoms with Crippen LogP contribution in [0.5, 0.6) is 0 Å². The highest BCUT2D eigenvalue weighted by molar-refractivity contribution is 6.36. The first-order valence-corrected chi connectivity index (χ1v) is 7.53. The van der Waals surface area contributed by atoms with Crippen LogP contribution < -0.4 is 11.1 Å². The number of nitrogen functional groups attached to an aromatic ring is 1. The number of nitrogens with two attached hydrogens (primary N) is 1. The summed E-state index contributed by atoms with van der Waals surface area (Å²) < 4.78 is 0. The number of hydrogen-bond donors (Lipinski definition) is 2. The number of halogens is 1. The van der Waals surface area contributed by atoms with E-state index in [-0.39, 0.29) is 17.7 Å². The first-order valence-electron chi connectivity index (χ1n) is 7.15. The molecular weight excluding hydrogens is 290 g/mol. The van der Waals surface area contributed by atoms with Crippen LogP contribution in [0.3, 0.4) is 0 Å². The molecule has 3 N–H and O–H groups in total. The van der Waals surface area contributed by atoms with E-state index in [9.17, 15) is 9.59 Å². The van der Waals surface area contributed by atoms with Gasteiger partial charge in [-0.3, -0.25) is 9.59 Å². The van der Waals surface area contributed by atoms with Crippen LogP contribution in [-0.4, -0.2) is 36.3 Å². The molecule has 0 radical (unpaired) electrons. The van der Waals surface area contributed by atoms with E-state index < -0.39 is 0 Å². The molecule has 2 amide bonds. The lowest BCUT2D eigenvalue weighted by atomic mass is 9.95. The average molecular weight is 310 g/mol. The molecule has 0 atom stereocenters. The normalized spacial score (nSPS) is 15.8. The predicted molar refractivity (Wildman–Crippen MR) is 83.2 cm³/mol. The van der Waals surface area contributed by atoms with Gasteiger partial charge in [0.15, 0.2) is 0 Å². The number of hydrogen-bond acceptors (Lipinski definition) is 3. The molecule has 1 aromatic carbocycles. The smallest absolute Gasteiger partial charge is 0.255 e. The van der Waals surface area contributed by atoms with Crippen molar-refractivity contribution in [2.24, 2.45) is 5.92 Å². The van der Waals surface area contributed by atoms with Gasteiger partial charge in [0.1, 0.15) is 0 Å². The molecule has 1 aliphatic heterocycles. The Hall–Kier alpha value is -1.75. The Labute approximate surface area is 129 Å². The summed E-state index contributed by atoms with van der Waals surface area (Å²) in [7, 11) is 0. The van der Waals surface area contributed by atoms with Gasteiger partial charge < -0.3 is 16.0 Å². The van der Waals surface area contributed by atoms with Gasteiger partial charge >= 0.3 is 0 Å². The number of rotatable bonds is 3. The molecule has 1 heterocycles. The fraction of sp³-hybridized carbons (Fsp3) is 0.467. The average Bonchev–Trinajstić information content (AvgIpc) is 2.50. The maximum absolute atomic E-state index is 12.5. The predicted octanol–water partition coefficient (Wildman–Crippen LogP) is 1.91. The van der Waals surface area contributed by atoms with E-state index in [1.54, 1.807) is 23.1 Å². The zero-order valence-corrected chi connectivity index (χ0v) is 12.8. The van der Waals surface area contributed by atoms with Crippen molar-refractivity contribution in [1.82, 2.24) is 10.2 Å². The van der Waals surface area contributed by atoms with E-state index in [2.05, 4.69) is 5.32 Å². The van der Waals surface area contributed by atoms with Crippen LogP contribution in [0.15, 0.2) is 18.2 Å². The maximum Gasteiger partial charge on any atom is 0.255 e. The highest BCUT2D eigenvalue weighted by atomic mass is 35.5. The summed E-state index contributed by atoms with van der Waals surface area (Å²) in [4.78, 5) is 26.0. The zero-order valence-electron chi connectivity index (χ0n) is 12.1. The van der Waals surface area contributed by atoms with Crippen LogP contribution in [0.4, 0.5) is 5.69 Å². The van der Waals surface area contributed by atoms with Gasteiger partial charge in [0.25, 0.3) is 5.91 Å². The molecular formula is C15H20ClN3O2. The van der Waals surface area contributed by atoms with E-state index in [1.807, 2.05) is 6.92 Å². The maximum atomic E-state index is 12.5. The topological polar surface area (TPSA) is 75.4 Å².